The van der Waals surface area contributed by atoms with Gasteiger partial charge in [-0.2, -0.15) is 0 Å². The van der Waals surface area contributed by atoms with Gasteiger partial charge >= 0.3 is 0 Å². The molecule has 0 heterocycles. The maximum atomic E-state index is 8.56. The van der Waals surface area contributed by atoms with Crippen molar-refractivity contribution in [3.8, 4) is 5.75 Å². The van der Waals surface area contributed by atoms with Crippen molar-refractivity contribution in [2.24, 2.45) is 0 Å². The largest absolute Gasteiger partial charge is 0.488 e. The van der Waals surface area contributed by atoms with E-state index < -0.39 is 0 Å². The summed E-state index contributed by atoms with van der Waals surface area (Å²) in [6, 6.07) is 1.43. The Kier molecular flexibility index (Phi) is 4.61. The van der Waals surface area contributed by atoms with E-state index >= 15 is 0 Å². The molecular formula is C8H6Cl4O2. The summed E-state index contributed by atoms with van der Waals surface area (Å²) < 4.78 is 5.10. The molecule has 1 N–H and O–H groups in total. The number of rotatable bonds is 3. The molecule has 1 aromatic rings. The third kappa shape index (κ3) is 2.59. The van der Waals surface area contributed by atoms with Crippen molar-refractivity contribution < 1.29 is 9.84 Å². The van der Waals surface area contributed by atoms with E-state index in [0.29, 0.717) is 0 Å². The average Bonchev–Trinajstić information content (AvgIpc) is 2.14. The Morgan fingerprint density at radius 3 is 2.29 bits per heavy atom. The molecule has 0 fully saturated rings. The van der Waals surface area contributed by atoms with Crippen LogP contribution >= 0.6 is 46.4 Å². The number of benzene rings is 1. The average molecular weight is 276 g/mol. The van der Waals surface area contributed by atoms with E-state index in [9.17, 15) is 0 Å². The van der Waals surface area contributed by atoms with Crippen LogP contribution < -0.4 is 4.74 Å². The highest BCUT2D eigenvalue weighted by Gasteiger charge is 2.14. The Bertz CT molecular complexity index is 341. The van der Waals surface area contributed by atoms with Crippen LogP contribution in [0.5, 0.6) is 5.75 Å². The summed E-state index contributed by atoms with van der Waals surface area (Å²) in [5.74, 6) is 0.233. The summed E-state index contributed by atoms with van der Waals surface area (Å²) in [5, 5.41) is 9.42. The Labute approximate surface area is 101 Å². The minimum absolute atomic E-state index is 0.0946. The first kappa shape index (κ1) is 12.2. The van der Waals surface area contributed by atoms with Gasteiger partial charge in [-0.25, -0.2) is 0 Å². The third-order valence-electron chi connectivity index (χ3n) is 1.41. The van der Waals surface area contributed by atoms with Crippen LogP contribution in [0.3, 0.4) is 0 Å². The lowest BCUT2D eigenvalue weighted by Crippen LogP contribution is -2.02. The monoisotopic (exact) mass is 274 g/mol. The topological polar surface area (TPSA) is 29.5 Å². The minimum atomic E-state index is -0.132. The number of ether oxygens (including phenoxy) is 1. The molecule has 0 saturated heterocycles. The van der Waals surface area contributed by atoms with Crippen molar-refractivity contribution in [1.82, 2.24) is 0 Å². The van der Waals surface area contributed by atoms with Crippen molar-refractivity contribution in [3.63, 3.8) is 0 Å². The predicted octanol–water partition coefficient (Wildman–Crippen LogP) is 3.67. The minimum Gasteiger partial charge on any atom is -0.488 e. The van der Waals surface area contributed by atoms with Gasteiger partial charge in [0.15, 0.2) is 5.75 Å². The van der Waals surface area contributed by atoms with Crippen molar-refractivity contribution >= 4 is 46.4 Å². The van der Waals surface area contributed by atoms with Gasteiger partial charge in [0, 0.05) is 0 Å². The second-order valence-corrected chi connectivity index (χ2v) is 3.94. The van der Waals surface area contributed by atoms with Gasteiger partial charge in [-0.05, 0) is 6.07 Å². The van der Waals surface area contributed by atoms with Crippen LogP contribution in [-0.4, -0.2) is 18.3 Å². The quantitative estimate of drug-likeness (QED) is 0.674. The fourth-order valence-electron chi connectivity index (χ4n) is 0.830. The fourth-order valence-corrected chi connectivity index (χ4v) is 1.84. The molecule has 78 valence electrons. The molecule has 0 bridgehead atoms. The van der Waals surface area contributed by atoms with E-state index in [1.165, 1.54) is 6.07 Å². The van der Waals surface area contributed by atoms with Crippen LogP contribution in [0, 0.1) is 0 Å². The molecule has 0 aliphatic rings. The van der Waals surface area contributed by atoms with E-state index in [0.717, 1.165) is 0 Å². The lowest BCUT2D eigenvalue weighted by molar-refractivity contribution is 0.201. The molecule has 6 heteroatoms. The van der Waals surface area contributed by atoms with Gasteiger partial charge in [0.1, 0.15) is 11.6 Å². The molecule has 0 amide bonds. The molecular weight excluding hydrogens is 270 g/mol. The highest BCUT2D eigenvalue weighted by molar-refractivity contribution is 6.50. The number of hydrogen-bond donors (Lipinski definition) is 1. The maximum absolute atomic E-state index is 8.56. The molecule has 0 aliphatic heterocycles. The van der Waals surface area contributed by atoms with E-state index in [-0.39, 0.29) is 39.1 Å². The zero-order valence-electron chi connectivity index (χ0n) is 6.86. The molecule has 0 saturated carbocycles. The Morgan fingerprint density at radius 2 is 1.71 bits per heavy atom. The molecule has 0 atom stereocenters. The fraction of sp³-hybridized carbons (Fsp3) is 0.250. The number of aliphatic hydroxyl groups excluding tert-OH is 1. The first-order chi connectivity index (χ1) is 6.57. The van der Waals surface area contributed by atoms with Gasteiger partial charge in [0.05, 0.1) is 21.7 Å². The van der Waals surface area contributed by atoms with Gasteiger partial charge in [0.25, 0.3) is 0 Å². The second kappa shape index (κ2) is 5.29. The number of aliphatic hydroxyl groups is 1. The van der Waals surface area contributed by atoms with Gasteiger partial charge in [0.2, 0.25) is 0 Å². The highest BCUT2D eigenvalue weighted by Crippen LogP contribution is 2.42. The van der Waals surface area contributed by atoms with Crippen LogP contribution in [0.2, 0.25) is 20.1 Å². The van der Waals surface area contributed by atoms with Crippen molar-refractivity contribution in [2.75, 3.05) is 13.2 Å². The van der Waals surface area contributed by atoms with Gasteiger partial charge < -0.3 is 9.84 Å². The predicted molar refractivity (Wildman–Crippen MR) is 59.1 cm³/mol. The lowest BCUT2D eigenvalue weighted by atomic mass is 10.3. The Balaban J connectivity index is 3.09. The molecule has 0 unspecified atom stereocenters. The zero-order chi connectivity index (χ0) is 10.7. The first-order valence-corrected chi connectivity index (χ1v) is 5.15. The van der Waals surface area contributed by atoms with Crippen molar-refractivity contribution in [3.05, 3.63) is 26.2 Å². The van der Waals surface area contributed by atoms with E-state index in [1.807, 2.05) is 0 Å². The Hall–Kier alpha value is 0.140. The molecule has 14 heavy (non-hydrogen) atoms. The summed E-state index contributed by atoms with van der Waals surface area (Å²) in [6.45, 7) is -0.0374. The molecule has 0 spiro atoms. The number of halogens is 4. The normalized spacial score (nSPS) is 10.4. The number of hydrogen-bond acceptors (Lipinski definition) is 2. The van der Waals surface area contributed by atoms with Crippen LogP contribution in [0.15, 0.2) is 6.07 Å². The van der Waals surface area contributed by atoms with Crippen LogP contribution in [-0.2, 0) is 0 Å². The van der Waals surface area contributed by atoms with Crippen LogP contribution in [0.25, 0.3) is 0 Å². The van der Waals surface area contributed by atoms with Gasteiger partial charge in [-0.3, -0.25) is 0 Å². The first-order valence-electron chi connectivity index (χ1n) is 3.64. The van der Waals surface area contributed by atoms with E-state index in [4.69, 9.17) is 56.2 Å². The molecule has 1 aromatic carbocycles. The van der Waals surface area contributed by atoms with Crippen molar-refractivity contribution in [2.45, 2.75) is 0 Å². The molecule has 2 nitrogen and oxygen atoms in total. The SMILES string of the molecule is OCCOc1c(Cl)cc(Cl)c(Cl)c1Cl. The molecule has 1 rings (SSSR count). The maximum Gasteiger partial charge on any atom is 0.158 e. The van der Waals surface area contributed by atoms with Crippen LogP contribution in [0.4, 0.5) is 0 Å². The highest BCUT2D eigenvalue weighted by atomic mass is 35.5. The summed E-state index contributed by atoms with van der Waals surface area (Å²) in [5.41, 5.74) is 0. The summed E-state index contributed by atoms with van der Waals surface area (Å²) in [7, 11) is 0. The zero-order valence-corrected chi connectivity index (χ0v) is 9.88. The van der Waals surface area contributed by atoms with Crippen LogP contribution in [0.1, 0.15) is 0 Å². The van der Waals surface area contributed by atoms with E-state index in [1.54, 1.807) is 0 Å². The van der Waals surface area contributed by atoms with Crippen molar-refractivity contribution in [1.29, 1.82) is 0 Å². The Morgan fingerprint density at radius 1 is 1.07 bits per heavy atom. The summed E-state index contributed by atoms with van der Waals surface area (Å²) >= 11 is 23.1. The molecule has 0 radical (unpaired) electrons. The van der Waals surface area contributed by atoms with Gasteiger partial charge in [-0.1, -0.05) is 46.4 Å². The lowest BCUT2D eigenvalue weighted by Gasteiger charge is -2.10. The summed E-state index contributed by atoms with van der Waals surface area (Å²) in [4.78, 5) is 0. The summed E-state index contributed by atoms with van der Waals surface area (Å²) in [6.07, 6.45) is 0. The van der Waals surface area contributed by atoms with E-state index in [2.05, 4.69) is 0 Å². The van der Waals surface area contributed by atoms with Gasteiger partial charge in [-0.15, -0.1) is 0 Å². The molecule has 0 aliphatic carbocycles. The third-order valence-corrected chi connectivity index (χ3v) is 2.94. The standard InChI is InChI=1S/C8H6Cl4O2/c9-4-3-5(10)8(14-2-1-13)7(12)6(4)11/h3,13H,1-2H2. The smallest absolute Gasteiger partial charge is 0.158 e. The molecule has 0 aromatic heterocycles. The second-order valence-electron chi connectivity index (χ2n) is 2.37.